The highest BCUT2D eigenvalue weighted by Crippen LogP contribution is 2.30. The van der Waals surface area contributed by atoms with Crippen LogP contribution in [-0.2, 0) is 9.47 Å². The molecule has 0 radical (unpaired) electrons. The lowest BCUT2D eigenvalue weighted by atomic mass is 10.1. The Morgan fingerprint density at radius 2 is 2.00 bits per heavy atom. The van der Waals surface area contributed by atoms with E-state index in [2.05, 4.69) is 28.6 Å². The second-order valence-corrected chi connectivity index (χ2v) is 7.99. The fourth-order valence-electron chi connectivity index (χ4n) is 4.02. The van der Waals surface area contributed by atoms with Gasteiger partial charge in [-0.2, -0.15) is 0 Å². The summed E-state index contributed by atoms with van der Waals surface area (Å²) in [5.74, 6) is 1.51. The maximum Gasteiger partial charge on any atom is 0.255 e. The van der Waals surface area contributed by atoms with Crippen LogP contribution in [0.25, 0.3) is 0 Å². The zero-order chi connectivity index (χ0) is 18.1. The Kier molecular flexibility index (Phi) is 5.14. The average molecular weight is 359 g/mol. The molecule has 0 unspecified atom stereocenters. The van der Waals surface area contributed by atoms with E-state index in [0.717, 1.165) is 57.9 Å². The van der Waals surface area contributed by atoms with Gasteiger partial charge in [0.05, 0.1) is 24.4 Å². The fourth-order valence-corrected chi connectivity index (χ4v) is 4.02. The second kappa shape index (κ2) is 7.53. The van der Waals surface area contributed by atoms with Crippen LogP contribution in [0.15, 0.2) is 18.3 Å². The molecule has 6 nitrogen and oxygen atoms in total. The number of rotatable bonds is 5. The van der Waals surface area contributed by atoms with E-state index in [9.17, 15) is 4.79 Å². The molecule has 6 heteroatoms. The zero-order valence-corrected chi connectivity index (χ0v) is 15.8. The van der Waals surface area contributed by atoms with Crippen molar-refractivity contribution in [3.63, 3.8) is 0 Å². The summed E-state index contributed by atoms with van der Waals surface area (Å²) < 4.78 is 11.3. The smallest absolute Gasteiger partial charge is 0.255 e. The summed E-state index contributed by atoms with van der Waals surface area (Å²) in [6.45, 7) is 8.25. The van der Waals surface area contributed by atoms with Gasteiger partial charge in [0.25, 0.3) is 5.91 Å². The minimum atomic E-state index is 0.113. The molecule has 4 rings (SSSR count). The first-order valence-electron chi connectivity index (χ1n) is 9.85. The molecule has 2 aliphatic heterocycles. The van der Waals surface area contributed by atoms with E-state index in [4.69, 9.17) is 9.47 Å². The Hall–Kier alpha value is -1.66. The van der Waals surface area contributed by atoms with Crippen molar-refractivity contribution >= 4 is 11.7 Å². The van der Waals surface area contributed by atoms with Crippen molar-refractivity contribution < 1.29 is 14.3 Å². The van der Waals surface area contributed by atoms with Gasteiger partial charge < -0.3 is 19.3 Å². The quantitative estimate of drug-likeness (QED) is 0.808. The molecule has 3 aliphatic rings. The lowest BCUT2D eigenvalue weighted by Gasteiger charge is -2.36. The lowest BCUT2D eigenvalue weighted by molar-refractivity contribution is -0.00546. The molecule has 1 amide bonds. The summed E-state index contributed by atoms with van der Waals surface area (Å²) in [4.78, 5) is 21.9. The summed E-state index contributed by atoms with van der Waals surface area (Å²) >= 11 is 0. The molecule has 142 valence electrons. The highest BCUT2D eigenvalue weighted by atomic mass is 16.5. The maximum absolute atomic E-state index is 13.0. The first-order valence-corrected chi connectivity index (χ1v) is 9.85. The van der Waals surface area contributed by atoms with Gasteiger partial charge in [-0.15, -0.1) is 0 Å². The molecule has 1 saturated carbocycles. The highest BCUT2D eigenvalue weighted by molar-refractivity contribution is 5.94. The van der Waals surface area contributed by atoms with Crippen LogP contribution in [0.2, 0.25) is 0 Å². The summed E-state index contributed by atoms with van der Waals surface area (Å²) in [5.41, 5.74) is 0.689. The molecule has 3 fully saturated rings. The topological polar surface area (TPSA) is 54.9 Å². The van der Waals surface area contributed by atoms with Gasteiger partial charge in [-0.25, -0.2) is 4.98 Å². The molecular weight excluding hydrogens is 330 g/mol. The number of hydrogen-bond acceptors (Lipinski definition) is 5. The minimum absolute atomic E-state index is 0.113. The minimum Gasteiger partial charge on any atom is -0.381 e. The highest BCUT2D eigenvalue weighted by Gasteiger charge is 2.35. The van der Waals surface area contributed by atoms with Crippen molar-refractivity contribution in [2.24, 2.45) is 5.92 Å². The van der Waals surface area contributed by atoms with E-state index in [1.807, 2.05) is 12.1 Å². The molecule has 0 bridgehead atoms. The Balaban J connectivity index is 1.44. The number of pyridine rings is 1. The Bertz CT molecular complexity index is 616. The maximum atomic E-state index is 13.0. The summed E-state index contributed by atoms with van der Waals surface area (Å²) in [5, 5.41) is 0. The molecule has 0 N–H and O–H groups in total. The Morgan fingerprint density at radius 1 is 1.23 bits per heavy atom. The predicted octanol–water partition coefficient (Wildman–Crippen LogP) is 2.34. The van der Waals surface area contributed by atoms with Crippen molar-refractivity contribution in [3.8, 4) is 0 Å². The van der Waals surface area contributed by atoms with E-state index in [1.165, 1.54) is 0 Å². The van der Waals surface area contributed by atoms with Crippen LogP contribution in [0.3, 0.4) is 0 Å². The second-order valence-electron chi connectivity index (χ2n) is 7.99. The first-order chi connectivity index (χ1) is 12.6. The van der Waals surface area contributed by atoms with Crippen LogP contribution in [0.4, 0.5) is 5.82 Å². The van der Waals surface area contributed by atoms with E-state index >= 15 is 0 Å². The largest absolute Gasteiger partial charge is 0.381 e. The number of morpholine rings is 1. The van der Waals surface area contributed by atoms with Gasteiger partial charge in [-0.3, -0.25) is 4.79 Å². The number of amides is 1. The summed E-state index contributed by atoms with van der Waals surface area (Å²) in [6, 6.07) is 4.31. The van der Waals surface area contributed by atoms with E-state index in [1.54, 1.807) is 6.20 Å². The third-order valence-electron chi connectivity index (χ3n) is 5.47. The third kappa shape index (κ3) is 4.01. The van der Waals surface area contributed by atoms with Gasteiger partial charge in [0.2, 0.25) is 0 Å². The summed E-state index contributed by atoms with van der Waals surface area (Å²) in [7, 11) is 0. The molecule has 0 spiro atoms. The molecule has 3 heterocycles. The van der Waals surface area contributed by atoms with Gasteiger partial charge in [0.1, 0.15) is 5.82 Å². The van der Waals surface area contributed by atoms with Crippen LogP contribution < -0.4 is 4.90 Å². The fraction of sp³-hybridized carbons (Fsp3) is 0.700. The Morgan fingerprint density at radius 3 is 2.58 bits per heavy atom. The molecule has 3 atom stereocenters. The van der Waals surface area contributed by atoms with Gasteiger partial charge in [-0.1, -0.05) is 0 Å². The van der Waals surface area contributed by atoms with Crippen molar-refractivity contribution in [2.45, 2.75) is 51.4 Å². The Labute approximate surface area is 155 Å². The van der Waals surface area contributed by atoms with Crippen LogP contribution in [0, 0.1) is 5.92 Å². The van der Waals surface area contributed by atoms with E-state index < -0.39 is 0 Å². The van der Waals surface area contributed by atoms with E-state index in [0.29, 0.717) is 17.5 Å². The van der Waals surface area contributed by atoms with Crippen LogP contribution in [0.1, 0.15) is 43.5 Å². The van der Waals surface area contributed by atoms with Gasteiger partial charge >= 0.3 is 0 Å². The standard InChI is InChI=1S/C20H29N3O3/c1-14-10-22(11-15(2)26-14)19-6-3-17(9-21-19)20(24)23(18-4-5-18)12-16-7-8-25-13-16/h3,6,9,14-16,18H,4-5,7-8,10-13H2,1-2H3/t14-,15-,16-/m1/s1. The SMILES string of the molecule is C[C@@H]1CN(c2ccc(C(=O)N(C[C@H]3CCOC3)C3CC3)cn2)C[C@@H](C)O1. The van der Waals surface area contributed by atoms with Crippen molar-refractivity contribution in [3.05, 3.63) is 23.9 Å². The lowest BCUT2D eigenvalue weighted by Crippen LogP contribution is -2.45. The number of carbonyl (C=O) groups excluding carboxylic acids is 1. The molecule has 1 aromatic rings. The summed E-state index contributed by atoms with van der Waals surface area (Å²) in [6.07, 6.45) is 5.43. The predicted molar refractivity (Wildman–Crippen MR) is 99.4 cm³/mol. The average Bonchev–Trinajstić information content (AvgIpc) is 3.34. The third-order valence-corrected chi connectivity index (χ3v) is 5.47. The van der Waals surface area contributed by atoms with Crippen molar-refractivity contribution in [1.29, 1.82) is 0 Å². The molecule has 26 heavy (non-hydrogen) atoms. The molecule has 1 aliphatic carbocycles. The molecule has 2 saturated heterocycles. The van der Waals surface area contributed by atoms with Crippen molar-refractivity contribution in [1.82, 2.24) is 9.88 Å². The molecule has 0 aromatic carbocycles. The van der Waals surface area contributed by atoms with Gasteiger partial charge in [0.15, 0.2) is 0 Å². The van der Waals surface area contributed by atoms with Crippen molar-refractivity contribution in [2.75, 3.05) is 37.7 Å². The number of carbonyl (C=O) groups is 1. The number of ether oxygens (including phenoxy) is 2. The number of aromatic nitrogens is 1. The monoisotopic (exact) mass is 359 g/mol. The number of anilines is 1. The van der Waals surface area contributed by atoms with Crippen LogP contribution in [0.5, 0.6) is 0 Å². The van der Waals surface area contributed by atoms with E-state index in [-0.39, 0.29) is 18.1 Å². The first kappa shape index (κ1) is 17.7. The van der Waals surface area contributed by atoms with Crippen LogP contribution >= 0.6 is 0 Å². The number of nitrogens with zero attached hydrogens (tertiary/aromatic N) is 3. The van der Waals surface area contributed by atoms with Gasteiger partial charge in [0, 0.05) is 44.4 Å². The zero-order valence-electron chi connectivity index (χ0n) is 15.8. The molecular formula is C20H29N3O3. The normalized spacial score (nSPS) is 29.0. The molecule has 1 aromatic heterocycles. The van der Waals surface area contributed by atoms with Gasteiger partial charge in [-0.05, 0) is 45.2 Å². The number of hydrogen-bond donors (Lipinski definition) is 0. The van der Waals surface area contributed by atoms with Crippen LogP contribution in [-0.4, -0.2) is 66.9 Å².